The lowest BCUT2D eigenvalue weighted by molar-refractivity contribution is -0.122. The molecule has 2 N–H and O–H groups in total. The van der Waals surface area contributed by atoms with Crippen LogP contribution >= 0.6 is 0 Å². The second-order valence-corrected chi connectivity index (χ2v) is 8.31. The molecule has 31 heavy (non-hydrogen) atoms. The Labute approximate surface area is 181 Å². The average molecular weight is 415 g/mol. The Morgan fingerprint density at radius 3 is 2.84 bits per heavy atom. The number of likely N-dealkylation sites (tertiary alicyclic amines) is 1. The van der Waals surface area contributed by atoms with Gasteiger partial charge in [-0.3, -0.25) is 14.7 Å². The molecule has 1 saturated heterocycles. The SMILES string of the molecule is Cc1cn2nc(C3=CC(=O)N4C=C(N5CC[C@H](CN)C5)C=C/C4=C\C=C3)cc2c(C)n1. The number of fused-ring (bicyclic) bond motifs is 2. The molecule has 2 aromatic heterocycles. The monoisotopic (exact) mass is 414 g/mol. The molecule has 7 heteroatoms. The number of nitrogens with two attached hydrogens (primary N) is 1. The number of aromatic nitrogens is 3. The van der Waals surface area contributed by atoms with E-state index in [0.717, 1.165) is 59.1 Å². The maximum atomic E-state index is 13.2. The van der Waals surface area contributed by atoms with Gasteiger partial charge in [0, 0.05) is 36.6 Å². The molecule has 0 aromatic carbocycles. The molecule has 0 radical (unpaired) electrons. The Morgan fingerprint density at radius 1 is 1.19 bits per heavy atom. The molecule has 5 heterocycles. The van der Waals surface area contributed by atoms with Crippen LogP contribution in [0.2, 0.25) is 0 Å². The minimum atomic E-state index is -0.0925. The second-order valence-electron chi connectivity index (χ2n) is 8.31. The van der Waals surface area contributed by atoms with E-state index in [0.29, 0.717) is 12.5 Å². The summed E-state index contributed by atoms with van der Waals surface area (Å²) in [5.74, 6) is 0.422. The molecular weight excluding hydrogens is 388 g/mol. The van der Waals surface area contributed by atoms with E-state index in [-0.39, 0.29) is 5.91 Å². The van der Waals surface area contributed by atoms with Crippen molar-refractivity contribution in [3.8, 4) is 0 Å². The van der Waals surface area contributed by atoms with E-state index in [1.807, 2.05) is 61.1 Å². The van der Waals surface area contributed by atoms with Crippen molar-refractivity contribution in [3.05, 3.63) is 83.4 Å². The number of hydrogen-bond acceptors (Lipinski definition) is 5. The van der Waals surface area contributed by atoms with Crippen LogP contribution in [0.1, 0.15) is 23.5 Å². The molecule has 2 aromatic rings. The van der Waals surface area contributed by atoms with E-state index >= 15 is 0 Å². The van der Waals surface area contributed by atoms with Crippen molar-refractivity contribution in [2.75, 3.05) is 19.6 Å². The van der Waals surface area contributed by atoms with Crippen molar-refractivity contribution < 1.29 is 4.79 Å². The maximum Gasteiger partial charge on any atom is 0.255 e. The van der Waals surface area contributed by atoms with E-state index in [1.165, 1.54) is 0 Å². The first-order valence-corrected chi connectivity index (χ1v) is 10.6. The van der Waals surface area contributed by atoms with Crippen molar-refractivity contribution in [1.29, 1.82) is 0 Å². The Balaban J connectivity index is 1.48. The van der Waals surface area contributed by atoms with Crippen LogP contribution in [0, 0.1) is 19.8 Å². The summed E-state index contributed by atoms with van der Waals surface area (Å²) < 4.78 is 1.83. The molecule has 5 rings (SSSR count). The molecule has 0 saturated carbocycles. The molecule has 0 bridgehead atoms. The molecule has 0 unspecified atom stereocenters. The Hall–Kier alpha value is -3.45. The van der Waals surface area contributed by atoms with Gasteiger partial charge in [-0.1, -0.05) is 12.2 Å². The van der Waals surface area contributed by atoms with Crippen LogP contribution in [0.25, 0.3) is 11.1 Å². The van der Waals surface area contributed by atoms with E-state index in [9.17, 15) is 4.79 Å². The highest BCUT2D eigenvalue weighted by Gasteiger charge is 2.26. The minimum Gasteiger partial charge on any atom is -0.370 e. The lowest BCUT2D eigenvalue weighted by Gasteiger charge is -2.28. The van der Waals surface area contributed by atoms with Gasteiger partial charge in [0.2, 0.25) is 0 Å². The van der Waals surface area contributed by atoms with Gasteiger partial charge < -0.3 is 10.6 Å². The largest absolute Gasteiger partial charge is 0.370 e. The molecule has 1 atom stereocenters. The highest BCUT2D eigenvalue weighted by molar-refractivity contribution is 5.99. The number of aryl methyl sites for hydroxylation is 2. The van der Waals surface area contributed by atoms with Crippen LogP contribution in [0.5, 0.6) is 0 Å². The van der Waals surface area contributed by atoms with Gasteiger partial charge in [0.1, 0.15) is 0 Å². The van der Waals surface area contributed by atoms with E-state index in [2.05, 4.69) is 21.1 Å². The lowest BCUT2D eigenvalue weighted by Crippen LogP contribution is -2.30. The van der Waals surface area contributed by atoms with Crippen LogP contribution in [0.4, 0.5) is 0 Å². The summed E-state index contributed by atoms with van der Waals surface area (Å²) in [6, 6.07) is 1.98. The van der Waals surface area contributed by atoms with E-state index in [4.69, 9.17) is 5.73 Å². The number of rotatable bonds is 3. The van der Waals surface area contributed by atoms with Gasteiger partial charge >= 0.3 is 0 Å². The quantitative estimate of drug-likeness (QED) is 0.835. The summed E-state index contributed by atoms with van der Waals surface area (Å²) in [7, 11) is 0. The van der Waals surface area contributed by atoms with Crippen LogP contribution in [-0.2, 0) is 4.79 Å². The zero-order chi connectivity index (χ0) is 21.5. The summed E-state index contributed by atoms with van der Waals surface area (Å²) in [6.07, 6.45) is 16.5. The molecule has 1 amide bonds. The molecule has 3 aliphatic heterocycles. The third kappa shape index (κ3) is 3.61. The molecule has 0 spiro atoms. The highest BCUT2D eigenvalue weighted by atomic mass is 16.2. The zero-order valence-corrected chi connectivity index (χ0v) is 17.8. The number of nitrogens with zero attached hydrogens (tertiary/aromatic N) is 5. The average Bonchev–Trinajstić information content (AvgIpc) is 3.39. The first-order chi connectivity index (χ1) is 15.0. The third-order valence-corrected chi connectivity index (χ3v) is 6.06. The van der Waals surface area contributed by atoms with E-state index < -0.39 is 0 Å². The third-order valence-electron chi connectivity index (χ3n) is 6.06. The topological polar surface area (TPSA) is 79.8 Å². The summed E-state index contributed by atoms with van der Waals surface area (Å²) in [4.78, 5) is 21.7. The summed E-state index contributed by atoms with van der Waals surface area (Å²) >= 11 is 0. The van der Waals surface area contributed by atoms with Gasteiger partial charge in [-0.2, -0.15) is 5.10 Å². The van der Waals surface area contributed by atoms with Gasteiger partial charge in [0.25, 0.3) is 5.91 Å². The van der Waals surface area contributed by atoms with Crippen molar-refractivity contribution >= 4 is 17.0 Å². The van der Waals surface area contributed by atoms with Gasteiger partial charge in [-0.15, -0.1) is 0 Å². The number of allylic oxidation sites excluding steroid dienone is 6. The fraction of sp³-hybridized carbons (Fsp3) is 0.292. The molecule has 158 valence electrons. The van der Waals surface area contributed by atoms with Crippen molar-refractivity contribution in [2.45, 2.75) is 20.3 Å². The lowest BCUT2D eigenvalue weighted by atomic mass is 10.1. The standard InChI is InChI=1S/C24H26N6O/c1-16-13-30-23(17(2)26-16)11-22(27-30)19-4-3-5-20-6-7-21(15-29(20)24(31)10-19)28-9-8-18(12-25)14-28/h3-7,10-11,13,15,18H,8-9,12,14,25H2,1-2H3/b4-3?,19-10?,20-5+/t18-/m1/s1. The number of carbonyl (C=O) groups excluding carboxylic acids is 1. The number of carbonyl (C=O) groups is 1. The van der Waals surface area contributed by atoms with Crippen molar-refractivity contribution in [3.63, 3.8) is 0 Å². The van der Waals surface area contributed by atoms with Gasteiger partial charge in [0.05, 0.1) is 34.5 Å². The predicted octanol–water partition coefficient (Wildman–Crippen LogP) is 2.70. The van der Waals surface area contributed by atoms with Crippen LogP contribution in [0.3, 0.4) is 0 Å². The maximum absolute atomic E-state index is 13.2. The summed E-state index contributed by atoms with van der Waals surface area (Å²) in [5, 5.41) is 4.68. The van der Waals surface area contributed by atoms with Gasteiger partial charge in [-0.05, 0) is 57.0 Å². The Kier molecular flexibility index (Phi) is 4.82. The van der Waals surface area contributed by atoms with Crippen LogP contribution < -0.4 is 5.73 Å². The molecular formula is C24H26N6O. The van der Waals surface area contributed by atoms with E-state index in [1.54, 1.807) is 11.0 Å². The fourth-order valence-electron chi connectivity index (χ4n) is 4.37. The summed E-state index contributed by atoms with van der Waals surface area (Å²) in [6.45, 7) is 6.52. The Morgan fingerprint density at radius 2 is 2.03 bits per heavy atom. The minimum absolute atomic E-state index is 0.0925. The number of hydrogen-bond donors (Lipinski definition) is 1. The highest BCUT2D eigenvalue weighted by Crippen LogP contribution is 2.28. The predicted molar refractivity (Wildman–Crippen MR) is 120 cm³/mol. The fourth-order valence-corrected chi connectivity index (χ4v) is 4.37. The normalized spacial score (nSPS) is 22.7. The second kappa shape index (κ2) is 7.67. The first-order valence-electron chi connectivity index (χ1n) is 10.6. The van der Waals surface area contributed by atoms with Crippen molar-refractivity contribution in [2.24, 2.45) is 11.7 Å². The smallest absolute Gasteiger partial charge is 0.255 e. The number of amides is 1. The zero-order valence-electron chi connectivity index (χ0n) is 17.8. The first kappa shape index (κ1) is 19.5. The van der Waals surface area contributed by atoms with Crippen molar-refractivity contribution in [1.82, 2.24) is 24.4 Å². The van der Waals surface area contributed by atoms with Crippen LogP contribution in [0.15, 0.2) is 66.3 Å². The molecule has 1 fully saturated rings. The van der Waals surface area contributed by atoms with Crippen LogP contribution in [-0.4, -0.2) is 49.9 Å². The molecule has 0 aliphatic carbocycles. The molecule has 3 aliphatic rings. The van der Waals surface area contributed by atoms with Gasteiger partial charge in [-0.25, -0.2) is 4.52 Å². The Bertz CT molecular complexity index is 1210. The molecule has 7 nitrogen and oxygen atoms in total. The summed E-state index contributed by atoms with van der Waals surface area (Å²) in [5.41, 5.74) is 12.0. The van der Waals surface area contributed by atoms with Gasteiger partial charge in [0.15, 0.2) is 0 Å².